The van der Waals surface area contributed by atoms with Crippen LogP contribution in [0.25, 0.3) is 0 Å². The predicted octanol–water partition coefficient (Wildman–Crippen LogP) is -0.481. The van der Waals surface area contributed by atoms with Crippen molar-refractivity contribution in [2.24, 2.45) is 0 Å². The monoisotopic (exact) mass is 112 g/mol. The van der Waals surface area contributed by atoms with Crippen molar-refractivity contribution >= 4 is 5.91 Å². The van der Waals surface area contributed by atoms with Crippen LogP contribution in [0.15, 0.2) is 12.4 Å². The highest BCUT2D eigenvalue weighted by molar-refractivity contribution is 5.82. The molecule has 0 aromatic heterocycles. The molecule has 0 aromatic rings. The van der Waals surface area contributed by atoms with Crippen molar-refractivity contribution < 1.29 is 4.79 Å². The summed E-state index contributed by atoms with van der Waals surface area (Å²) >= 11 is 0. The van der Waals surface area contributed by atoms with Gasteiger partial charge in [-0.3, -0.25) is 4.79 Å². The van der Waals surface area contributed by atoms with Crippen molar-refractivity contribution in [3.63, 3.8) is 0 Å². The van der Waals surface area contributed by atoms with Gasteiger partial charge in [0, 0.05) is 7.05 Å². The summed E-state index contributed by atoms with van der Waals surface area (Å²) in [6.45, 7) is 4.02. The van der Waals surface area contributed by atoms with E-state index in [9.17, 15) is 4.79 Å². The first kappa shape index (κ1) is 5.15. The van der Waals surface area contributed by atoms with E-state index in [0.29, 0.717) is 12.4 Å². The summed E-state index contributed by atoms with van der Waals surface area (Å²) in [6.07, 6.45) is 0. The minimum absolute atomic E-state index is 0.0255. The van der Waals surface area contributed by atoms with Crippen molar-refractivity contribution in [3.8, 4) is 0 Å². The highest BCUT2D eigenvalue weighted by atomic mass is 16.2. The molecule has 1 aliphatic rings. The van der Waals surface area contributed by atoms with E-state index < -0.39 is 0 Å². The molecule has 0 bridgehead atoms. The molecule has 3 nitrogen and oxygen atoms in total. The molecule has 1 fully saturated rings. The first-order valence-corrected chi connectivity index (χ1v) is 2.40. The zero-order valence-corrected chi connectivity index (χ0v) is 4.77. The van der Waals surface area contributed by atoms with Gasteiger partial charge in [-0.15, -0.1) is 0 Å². The van der Waals surface area contributed by atoms with Crippen LogP contribution in [0.2, 0.25) is 0 Å². The van der Waals surface area contributed by atoms with Crippen LogP contribution < -0.4 is 5.32 Å². The van der Waals surface area contributed by atoms with Gasteiger partial charge in [0.15, 0.2) is 0 Å². The molecule has 1 aliphatic heterocycles. The number of nitrogens with one attached hydrogen (secondary N) is 1. The number of carbonyl (C=O) groups is 1. The van der Waals surface area contributed by atoms with Gasteiger partial charge in [-0.25, -0.2) is 0 Å². The third kappa shape index (κ3) is 0.665. The smallest absolute Gasteiger partial charge is 0.245 e. The molecule has 0 aliphatic carbocycles. The van der Waals surface area contributed by atoms with E-state index in [1.54, 1.807) is 4.90 Å². The summed E-state index contributed by atoms with van der Waals surface area (Å²) in [5, 5.41) is 2.56. The number of hydrogen-bond donors (Lipinski definition) is 1. The van der Waals surface area contributed by atoms with Crippen LogP contribution in [0.4, 0.5) is 0 Å². The van der Waals surface area contributed by atoms with E-state index in [1.165, 1.54) is 0 Å². The molecule has 0 spiro atoms. The van der Waals surface area contributed by atoms with Gasteiger partial charge < -0.3 is 10.2 Å². The lowest BCUT2D eigenvalue weighted by Crippen LogP contribution is -2.12. The Balaban J connectivity index is 2.64. The lowest BCUT2D eigenvalue weighted by molar-refractivity contribution is -0.118. The second-order valence-electron chi connectivity index (χ2n) is 1.85. The quantitative estimate of drug-likeness (QED) is 0.459. The van der Waals surface area contributed by atoms with E-state index in [0.717, 1.165) is 0 Å². The number of nitrogens with zero attached hydrogens (tertiary/aromatic N) is 1. The topological polar surface area (TPSA) is 32.3 Å². The summed E-state index contributed by atoms with van der Waals surface area (Å²) in [5.41, 5.74) is 0. The molecule has 0 saturated carbocycles. The first-order valence-electron chi connectivity index (χ1n) is 2.40. The molecular weight excluding hydrogens is 104 g/mol. The van der Waals surface area contributed by atoms with E-state index in [-0.39, 0.29) is 5.91 Å². The van der Waals surface area contributed by atoms with Crippen molar-refractivity contribution in [3.05, 3.63) is 12.4 Å². The van der Waals surface area contributed by atoms with Crippen molar-refractivity contribution in [2.75, 3.05) is 13.6 Å². The standard InChI is InChI=1S/C5H8N2O/c1-4-6-5(8)3-7(4)2/h1,3H2,2H3,(H,6,8). The SMILES string of the molecule is C=C1NC(=O)CN1C. The van der Waals surface area contributed by atoms with Gasteiger partial charge in [0.05, 0.1) is 6.54 Å². The summed E-state index contributed by atoms with van der Waals surface area (Å²) in [5.74, 6) is 0.715. The van der Waals surface area contributed by atoms with Gasteiger partial charge in [-0.05, 0) is 0 Å². The molecule has 3 heteroatoms. The molecule has 1 N–H and O–H groups in total. The third-order valence-corrected chi connectivity index (χ3v) is 1.13. The van der Waals surface area contributed by atoms with E-state index in [4.69, 9.17) is 0 Å². The second-order valence-corrected chi connectivity index (χ2v) is 1.85. The molecule has 0 aromatic carbocycles. The lowest BCUT2D eigenvalue weighted by Gasteiger charge is -2.05. The van der Waals surface area contributed by atoms with E-state index in [2.05, 4.69) is 11.9 Å². The van der Waals surface area contributed by atoms with Gasteiger partial charge in [-0.2, -0.15) is 0 Å². The average molecular weight is 112 g/mol. The Morgan fingerprint density at radius 2 is 2.50 bits per heavy atom. The normalized spacial score (nSPS) is 19.4. The minimum atomic E-state index is 0.0255. The van der Waals surface area contributed by atoms with Crippen LogP contribution >= 0.6 is 0 Å². The number of carbonyl (C=O) groups excluding carboxylic acids is 1. The fourth-order valence-electron chi connectivity index (χ4n) is 0.607. The van der Waals surface area contributed by atoms with Crippen molar-refractivity contribution in [2.45, 2.75) is 0 Å². The van der Waals surface area contributed by atoms with Crippen molar-refractivity contribution in [1.29, 1.82) is 0 Å². The zero-order valence-electron chi connectivity index (χ0n) is 4.77. The summed E-state index contributed by atoms with van der Waals surface area (Å²) < 4.78 is 0. The maximum Gasteiger partial charge on any atom is 0.245 e. The molecular formula is C5H8N2O. The zero-order chi connectivity index (χ0) is 6.15. The highest BCUT2D eigenvalue weighted by Crippen LogP contribution is 1.99. The Hall–Kier alpha value is -0.990. The van der Waals surface area contributed by atoms with Gasteiger partial charge in [0.25, 0.3) is 0 Å². The van der Waals surface area contributed by atoms with Crippen molar-refractivity contribution in [1.82, 2.24) is 10.2 Å². The predicted molar refractivity (Wildman–Crippen MR) is 29.9 cm³/mol. The molecule has 1 amide bonds. The fourth-order valence-corrected chi connectivity index (χ4v) is 0.607. The molecule has 0 atom stereocenters. The molecule has 0 unspecified atom stereocenters. The fraction of sp³-hybridized carbons (Fsp3) is 0.400. The Bertz CT molecular complexity index is 141. The average Bonchev–Trinajstić information content (AvgIpc) is 1.85. The van der Waals surface area contributed by atoms with Crippen LogP contribution in [-0.4, -0.2) is 24.4 Å². The molecule has 8 heavy (non-hydrogen) atoms. The summed E-state index contributed by atoms with van der Waals surface area (Å²) in [7, 11) is 1.82. The van der Waals surface area contributed by atoms with Gasteiger partial charge in [0.1, 0.15) is 5.82 Å². The molecule has 44 valence electrons. The number of hydrogen-bond acceptors (Lipinski definition) is 2. The van der Waals surface area contributed by atoms with Crippen LogP contribution in [-0.2, 0) is 4.79 Å². The maximum absolute atomic E-state index is 10.5. The largest absolute Gasteiger partial charge is 0.352 e. The lowest BCUT2D eigenvalue weighted by atomic mass is 10.6. The van der Waals surface area contributed by atoms with Crippen LogP contribution in [0.1, 0.15) is 0 Å². The summed E-state index contributed by atoms with van der Waals surface area (Å²) in [4.78, 5) is 12.2. The van der Waals surface area contributed by atoms with E-state index in [1.807, 2.05) is 7.05 Å². The van der Waals surface area contributed by atoms with Crippen LogP contribution in [0.5, 0.6) is 0 Å². The molecule has 1 saturated heterocycles. The molecule has 1 rings (SSSR count). The Morgan fingerprint density at radius 3 is 2.62 bits per heavy atom. The number of rotatable bonds is 0. The molecule has 1 heterocycles. The van der Waals surface area contributed by atoms with Crippen LogP contribution in [0, 0.1) is 0 Å². The van der Waals surface area contributed by atoms with Gasteiger partial charge in [0.2, 0.25) is 5.91 Å². The Kier molecular flexibility index (Phi) is 0.970. The van der Waals surface area contributed by atoms with Crippen LogP contribution in [0.3, 0.4) is 0 Å². The Labute approximate surface area is 48.0 Å². The second kappa shape index (κ2) is 1.51. The summed E-state index contributed by atoms with van der Waals surface area (Å²) in [6, 6.07) is 0. The highest BCUT2D eigenvalue weighted by Gasteiger charge is 2.16. The Morgan fingerprint density at radius 1 is 1.88 bits per heavy atom. The molecule has 0 radical (unpaired) electrons. The number of amides is 1. The van der Waals surface area contributed by atoms with Gasteiger partial charge in [-0.1, -0.05) is 6.58 Å². The first-order chi connectivity index (χ1) is 3.70. The van der Waals surface area contributed by atoms with Gasteiger partial charge >= 0.3 is 0 Å². The third-order valence-electron chi connectivity index (χ3n) is 1.13. The van der Waals surface area contributed by atoms with E-state index >= 15 is 0 Å². The minimum Gasteiger partial charge on any atom is -0.352 e. The maximum atomic E-state index is 10.5. The number of likely N-dealkylation sites (N-methyl/N-ethyl adjacent to an activating group) is 1.